The van der Waals surface area contributed by atoms with Crippen LogP contribution in [0, 0.1) is 20.8 Å². The van der Waals surface area contributed by atoms with Crippen LogP contribution in [0.1, 0.15) is 30.0 Å². The van der Waals surface area contributed by atoms with Crippen molar-refractivity contribution in [3.05, 3.63) is 28.8 Å². The molecule has 5 nitrogen and oxygen atoms in total. The number of hydrogen-bond acceptors (Lipinski definition) is 4. The van der Waals surface area contributed by atoms with Crippen LogP contribution in [0.15, 0.2) is 17.1 Å². The van der Waals surface area contributed by atoms with Gasteiger partial charge in [0.05, 0.1) is 17.5 Å². The van der Waals surface area contributed by atoms with Gasteiger partial charge >= 0.3 is 0 Å². The summed E-state index contributed by atoms with van der Waals surface area (Å²) in [6.07, 6.45) is 0.345. The van der Waals surface area contributed by atoms with Crippen molar-refractivity contribution in [3.8, 4) is 0 Å². The Morgan fingerprint density at radius 1 is 1.25 bits per heavy atom. The van der Waals surface area contributed by atoms with E-state index in [-0.39, 0.29) is 28.7 Å². The maximum Gasteiger partial charge on any atom is 0.247 e. The van der Waals surface area contributed by atoms with Crippen LogP contribution in [0.4, 0.5) is 5.69 Å². The largest absolute Gasteiger partial charge is 0.315 e. The highest BCUT2D eigenvalue weighted by molar-refractivity contribution is 8.16. The van der Waals surface area contributed by atoms with E-state index in [0.717, 1.165) is 16.8 Å². The Bertz CT molecular complexity index is 807. The molecule has 0 bridgehead atoms. The number of carbonyl (C=O) groups excluding carboxylic acids is 1. The number of nitrogens with zero attached hydrogens (tertiary/aromatic N) is 2. The van der Waals surface area contributed by atoms with Crippen LogP contribution in [-0.4, -0.2) is 42.3 Å². The highest BCUT2D eigenvalue weighted by Gasteiger charge is 2.49. The van der Waals surface area contributed by atoms with Crippen LogP contribution in [0.3, 0.4) is 0 Å². The normalized spacial score (nSPS) is 26.8. The molecule has 2 heterocycles. The molecule has 1 amide bonds. The fourth-order valence-corrected chi connectivity index (χ4v) is 7.48. The van der Waals surface area contributed by atoms with Crippen LogP contribution in [0.25, 0.3) is 0 Å². The van der Waals surface area contributed by atoms with Gasteiger partial charge in [-0.3, -0.25) is 4.79 Å². The summed E-state index contributed by atoms with van der Waals surface area (Å²) < 4.78 is 24.2. The van der Waals surface area contributed by atoms with Crippen molar-refractivity contribution >= 4 is 38.4 Å². The van der Waals surface area contributed by atoms with Gasteiger partial charge < -0.3 is 4.90 Å². The number of aryl methyl sites for hydroxylation is 3. The zero-order valence-corrected chi connectivity index (χ0v) is 16.0. The van der Waals surface area contributed by atoms with Gasteiger partial charge in [0.15, 0.2) is 15.0 Å². The van der Waals surface area contributed by atoms with Gasteiger partial charge in [-0.25, -0.2) is 8.42 Å². The summed E-state index contributed by atoms with van der Waals surface area (Å²) in [5.74, 6) is 0.103. The van der Waals surface area contributed by atoms with Crippen LogP contribution in [0.2, 0.25) is 0 Å². The lowest BCUT2D eigenvalue weighted by molar-refractivity contribution is -0.117. The average molecular weight is 367 g/mol. The van der Waals surface area contributed by atoms with Crippen LogP contribution < -0.4 is 4.90 Å². The molecule has 130 valence electrons. The highest BCUT2D eigenvalue weighted by Crippen LogP contribution is 2.43. The van der Waals surface area contributed by atoms with Crippen LogP contribution in [0.5, 0.6) is 0 Å². The third-order valence-electron chi connectivity index (χ3n) is 4.47. The predicted octanol–water partition coefficient (Wildman–Crippen LogP) is 2.62. The molecule has 0 aromatic heterocycles. The van der Waals surface area contributed by atoms with Gasteiger partial charge in [0.25, 0.3) is 0 Å². The van der Waals surface area contributed by atoms with Crippen molar-refractivity contribution < 1.29 is 13.2 Å². The van der Waals surface area contributed by atoms with E-state index in [1.807, 2.05) is 25.7 Å². The first-order chi connectivity index (χ1) is 11.2. The topological polar surface area (TPSA) is 66.8 Å². The quantitative estimate of drug-likeness (QED) is 0.805. The van der Waals surface area contributed by atoms with Crippen molar-refractivity contribution in [1.29, 1.82) is 0 Å². The SMILES string of the molecule is CCC(=O)N=C1S[C@@H]2CS(=O)(=O)C[C@H]2N1c1c(C)cc(C)cc1C. The molecule has 2 atom stereocenters. The third kappa shape index (κ3) is 3.11. The second kappa shape index (κ2) is 6.19. The molecule has 3 rings (SSSR count). The monoisotopic (exact) mass is 366 g/mol. The molecule has 2 saturated heterocycles. The molecule has 0 spiro atoms. The number of hydrogen-bond donors (Lipinski definition) is 0. The molecule has 0 N–H and O–H groups in total. The van der Waals surface area contributed by atoms with Crippen molar-refractivity contribution in [2.75, 3.05) is 16.4 Å². The standard InChI is InChI=1S/C17H22N2O3S2/c1-5-15(20)18-17-19(13-8-24(21,22)9-14(13)23-17)16-11(3)6-10(2)7-12(16)4/h6-7,13-14H,5,8-9H2,1-4H3/t13-,14-/m1/s1. The van der Waals surface area contributed by atoms with Crippen LogP contribution in [-0.2, 0) is 14.6 Å². The molecule has 1 aromatic rings. The van der Waals surface area contributed by atoms with Gasteiger partial charge in [-0.15, -0.1) is 0 Å². The van der Waals surface area contributed by atoms with Gasteiger partial charge in [0.1, 0.15) is 0 Å². The Labute approximate surface area is 147 Å². The van der Waals surface area contributed by atoms with Crippen molar-refractivity contribution in [2.24, 2.45) is 4.99 Å². The lowest BCUT2D eigenvalue weighted by Gasteiger charge is -2.28. The zero-order valence-electron chi connectivity index (χ0n) is 14.4. The summed E-state index contributed by atoms with van der Waals surface area (Å²) in [5, 5.41) is 0.584. The van der Waals surface area contributed by atoms with E-state index >= 15 is 0 Å². The Balaban J connectivity index is 2.12. The lowest BCUT2D eigenvalue weighted by atomic mass is 10.0. The maximum absolute atomic E-state index is 12.1. The molecule has 0 aliphatic carbocycles. The first kappa shape index (κ1) is 17.5. The minimum absolute atomic E-state index is 0.0569. The smallest absolute Gasteiger partial charge is 0.247 e. The Morgan fingerprint density at radius 3 is 2.46 bits per heavy atom. The van der Waals surface area contributed by atoms with E-state index in [2.05, 4.69) is 17.1 Å². The summed E-state index contributed by atoms with van der Waals surface area (Å²) in [5.41, 5.74) is 4.31. The molecular formula is C17H22N2O3S2. The molecule has 24 heavy (non-hydrogen) atoms. The number of sulfone groups is 1. The van der Waals surface area contributed by atoms with Gasteiger partial charge in [-0.2, -0.15) is 4.99 Å². The Hall–Kier alpha value is -1.34. The van der Waals surface area contributed by atoms with Crippen LogP contribution >= 0.6 is 11.8 Å². The molecule has 0 unspecified atom stereocenters. The van der Waals surface area contributed by atoms with Gasteiger partial charge in [-0.05, 0) is 31.9 Å². The molecule has 7 heteroatoms. The second-order valence-corrected chi connectivity index (χ2v) is 9.92. The lowest BCUT2D eigenvalue weighted by Crippen LogP contribution is -2.38. The number of thioether (sulfide) groups is 1. The van der Waals surface area contributed by atoms with Crippen molar-refractivity contribution in [1.82, 2.24) is 0 Å². The zero-order chi connectivity index (χ0) is 17.6. The fourth-order valence-electron chi connectivity index (χ4n) is 3.56. The number of amides is 1. The van der Waals surface area contributed by atoms with Crippen molar-refractivity contribution in [3.63, 3.8) is 0 Å². The summed E-state index contributed by atoms with van der Waals surface area (Å²) in [7, 11) is -3.04. The average Bonchev–Trinajstić information content (AvgIpc) is 2.90. The molecule has 2 aliphatic heterocycles. The van der Waals surface area contributed by atoms with E-state index in [0.29, 0.717) is 11.6 Å². The molecule has 2 aliphatic rings. The van der Waals surface area contributed by atoms with Gasteiger partial charge in [0, 0.05) is 17.4 Å². The number of carbonyl (C=O) groups is 1. The number of fused-ring (bicyclic) bond motifs is 1. The number of rotatable bonds is 2. The first-order valence-electron chi connectivity index (χ1n) is 8.07. The number of anilines is 1. The second-order valence-electron chi connectivity index (χ2n) is 6.56. The molecular weight excluding hydrogens is 344 g/mol. The first-order valence-corrected chi connectivity index (χ1v) is 10.8. The van der Waals surface area contributed by atoms with E-state index in [9.17, 15) is 13.2 Å². The van der Waals surface area contributed by atoms with Gasteiger partial charge in [0.2, 0.25) is 5.91 Å². The number of aliphatic imine (C=N–C) groups is 1. The number of amidine groups is 1. The van der Waals surface area contributed by atoms with Gasteiger partial charge in [-0.1, -0.05) is 36.4 Å². The minimum Gasteiger partial charge on any atom is -0.315 e. The number of benzene rings is 1. The molecule has 0 saturated carbocycles. The van der Waals surface area contributed by atoms with Crippen molar-refractivity contribution in [2.45, 2.75) is 45.4 Å². The fraction of sp³-hybridized carbons (Fsp3) is 0.529. The van der Waals surface area contributed by atoms with E-state index in [1.165, 1.54) is 17.3 Å². The molecule has 2 fully saturated rings. The summed E-state index contributed by atoms with van der Waals surface area (Å²) in [4.78, 5) is 18.1. The minimum atomic E-state index is -3.04. The summed E-state index contributed by atoms with van der Waals surface area (Å²) >= 11 is 1.43. The van der Waals surface area contributed by atoms with E-state index in [1.54, 1.807) is 6.92 Å². The maximum atomic E-state index is 12.1. The summed E-state index contributed by atoms with van der Waals surface area (Å²) in [6, 6.07) is 4.02. The van der Waals surface area contributed by atoms with E-state index in [4.69, 9.17) is 0 Å². The third-order valence-corrected chi connectivity index (χ3v) is 7.68. The molecule has 0 radical (unpaired) electrons. The van der Waals surface area contributed by atoms with E-state index < -0.39 is 9.84 Å². The Morgan fingerprint density at radius 2 is 1.88 bits per heavy atom. The highest BCUT2D eigenvalue weighted by atomic mass is 32.2. The predicted molar refractivity (Wildman–Crippen MR) is 99.7 cm³/mol. The molecule has 1 aromatic carbocycles. The Kier molecular flexibility index (Phi) is 4.51. The summed E-state index contributed by atoms with van der Waals surface area (Å²) in [6.45, 7) is 7.87.